The summed E-state index contributed by atoms with van der Waals surface area (Å²) in [7, 11) is 0. The normalized spacial score (nSPS) is 41.1. The number of alkyl halides is 1. The van der Waals surface area contributed by atoms with Crippen molar-refractivity contribution >= 4 is 23.4 Å². The number of esters is 1. The summed E-state index contributed by atoms with van der Waals surface area (Å²) in [6.07, 6.45) is 5.19. The molecular formula is C15H17ClO3. The average Bonchev–Trinajstić information content (AvgIpc) is 2.66. The highest BCUT2D eigenvalue weighted by atomic mass is 35.5. The predicted molar refractivity (Wildman–Crippen MR) is 71.8 cm³/mol. The Morgan fingerprint density at radius 1 is 1.47 bits per heavy atom. The van der Waals surface area contributed by atoms with Crippen LogP contribution < -0.4 is 0 Å². The number of hydrogen-bond acceptors (Lipinski definition) is 3. The largest absolute Gasteiger partial charge is 0.457 e. The lowest BCUT2D eigenvalue weighted by Crippen LogP contribution is -2.40. The first kappa shape index (κ1) is 12.9. The van der Waals surface area contributed by atoms with Crippen molar-refractivity contribution in [2.24, 2.45) is 17.3 Å². The zero-order chi connectivity index (χ0) is 13.8. The van der Waals surface area contributed by atoms with E-state index in [-0.39, 0.29) is 41.0 Å². The van der Waals surface area contributed by atoms with Crippen molar-refractivity contribution in [1.29, 1.82) is 0 Å². The van der Waals surface area contributed by atoms with Crippen LogP contribution in [0.15, 0.2) is 23.3 Å². The van der Waals surface area contributed by atoms with E-state index in [1.54, 1.807) is 6.08 Å². The van der Waals surface area contributed by atoms with E-state index in [0.29, 0.717) is 5.57 Å². The number of allylic oxidation sites excluding steroid dienone is 3. The maximum Gasteiger partial charge on any atom is 0.309 e. The lowest BCUT2D eigenvalue weighted by atomic mass is 9.62. The summed E-state index contributed by atoms with van der Waals surface area (Å²) in [5.41, 5.74) is 1.39. The second kappa shape index (κ2) is 4.20. The van der Waals surface area contributed by atoms with Crippen LogP contribution in [0, 0.1) is 17.3 Å². The van der Waals surface area contributed by atoms with Crippen LogP contribution in [0.1, 0.15) is 26.7 Å². The fourth-order valence-electron chi connectivity index (χ4n) is 3.68. The Morgan fingerprint density at radius 2 is 2.21 bits per heavy atom. The van der Waals surface area contributed by atoms with Crippen LogP contribution in [0.2, 0.25) is 0 Å². The molecule has 1 saturated carbocycles. The molecule has 0 bridgehead atoms. The number of hydrogen-bond donors (Lipinski definition) is 0. The molecule has 0 radical (unpaired) electrons. The SMILES string of the molecule is C[C@@H]1C(=O)O[C@@H]2C3=C(CCl)C(=O)C=C[C@]3(C)CC[C@@H]12. The molecule has 3 aliphatic rings. The van der Waals surface area contributed by atoms with Crippen molar-refractivity contribution in [3.63, 3.8) is 0 Å². The van der Waals surface area contributed by atoms with E-state index in [2.05, 4.69) is 6.92 Å². The van der Waals surface area contributed by atoms with E-state index in [9.17, 15) is 9.59 Å². The molecule has 4 atom stereocenters. The lowest BCUT2D eigenvalue weighted by molar-refractivity contribution is -0.143. The van der Waals surface area contributed by atoms with Gasteiger partial charge in [0.2, 0.25) is 0 Å². The molecule has 1 saturated heterocycles. The van der Waals surface area contributed by atoms with Gasteiger partial charge in [-0.15, -0.1) is 11.6 Å². The first-order chi connectivity index (χ1) is 8.98. The summed E-state index contributed by atoms with van der Waals surface area (Å²) < 4.78 is 5.55. The van der Waals surface area contributed by atoms with Crippen molar-refractivity contribution in [3.8, 4) is 0 Å². The van der Waals surface area contributed by atoms with Gasteiger partial charge in [-0.3, -0.25) is 9.59 Å². The molecule has 0 aromatic carbocycles. The van der Waals surface area contributed by atoms with Gasteiger partial charge >= 0.3 is 5.97 Å². The first-order valence-corrected chi connectivity index (χ1v) is 7.25. The molecule has 1 aliphatic heterocycles. The standard InChI is InChI=1S/C15H17ClO3/c1-8-9-3-5-15(2)6-4-11(17)10(7-16)12(15)13(9)19-14(8)18/h4,6,8-9,13H,3,5,7H2,1-2H3/t8-,9-,13-,15-/m0/s1. The molecule has 2 aliphatic carbocycles. The topological polar surface area (TPSA) is 43.4 Å². The van der Waals surface area contributed by atoms with Crippen LogP contribution >= 0.6 is 11.6 Å². The molecule has 3 rings (SSSR count). The van der Waals surface area contributed by atoms with Gasteiger partial charge < -0.3 is 4.74 Å². The van der Waals surface area contributed by atoms with Crippen molar-refractivity contribution in [2.75, 3.05) is 5.88 Å². The van der Waals surface area contributed by atoms with Gasteiger partial charge in [-0.2, -0.15) is 0 Å². The quantitative estimate of drug-likeness (QED) is 0.548. The highest BCUT2D eigenvalue weighted by Crippen LogP contribution is 2.53. The van der Waals surface area contributed by atoms with E-state index < -0.39 is 0 Å². The molecule has 0 unspecified atom stereocenters. The minimum atomic E-state index is -0.260. The van der Waals surface area contributed by atoms with Crippen LogP contribution in [0.25, 0.3) is 0 Å². The van der Waals surface area contributed by atoms with E-state index in [1.165, 1.54) is 0 Å². The van der Waals surface area contributed by atoms with Gasteiger partial charge in [0.1, 0.15) is 6.10 Å². The predicted octanol–water partition coefficient (Wildman–Crippen LogP) is 2.64. The second-order valence-electron chi connectivity index (χ2n) is 5.99. The van der Waals surface area contributed by atoms with Gasteiger partial charge in [-0.25, -0.2) is 0 Å². The second-order valence-corrected chi connectivity index (χ2v) is 6.26. The van der Waals surface area contributed by atoms with Crippen molar-refractivity contribution in [2.45, 2.75) is 32.8 Å². The number of ketones is 1. The summed E-state index contributed by atoms with van der Waals surface area (Å²) in [5.74, 6) is 0.0950. The fraction of sp³-hybridized carbons (Fsp3) is 0.600. The molecule has 3 nitrogen and oxygen atoms in total. The molecule has 0 N–H and O–H groups in total. The Morgan fingerprint density at radius 3 is 2.89 bits per heavy atom. The molecule has 19 heavy (non-hydrogen) atoms. The first-order valence-electron chi connectivity index (χ1n) is 6.71. The van der Waals surface area contributed by atoms with Crippen LogP contribution in [0.5, 0.6) is 0 Å². The Bertz CT molecular complexity index is 519. The molecule has 0 aromatic rings. The minimum absolute atomic E-state index is 0.0428. The number of halogens is 1. The zero-order valence-electron chi connectivity index (χ0n) is 11.1. The Labute approximate surface area is 117 Å². The molecular weight excluding hydrogens is 264 g/mol. The maximum atomic E-state index is 12.0. The zero-order valence-corrected chi connectivity index (χ0v) is 11.9. The summed E-state index contributed by atoms with van der Waals surface area (Å²) in [6.45, 7) is 4.02. The van der Waals surface area contributed by atoms with Gasteiger partial charge in [0, 0.05) is 16.9 Å². The fourth-order valence-corrected chi connectivity index (χ4v) is 3.95. The Balaban J connectivity index is 2.12. The lowest BCUT2D eigenvalue weighted by Gasteiger charge is -2.43. The number of rotatable bonds is 1. The van der Waals surface area contributed by atoms with Crippen molar-refractivity contribution in [1.82, 2.24) is 0 Å². The summed E-state index contributed by atoms with van der Waals surface area (Å²) >= 11 is 5.97. The van der Waals surface area contributed by atoms with E-state index >= 15 is 0 Å². The van der Waals surface area contributed by atoms with Gasteiger partial charge in [-0.1, -0.05) is 19.9 Å². The third-order valence-electron chi connectivity index (χ3n) is 4.90. The van der Waals surface area contributed by atoms with Crippen LogP contribution in [-0.2, 0) is 14.3 Å². The Kier molecular flexibility index (Phi) is 2.86. The number of carbonyl (C=O) groups is 2. The maximum absolute atomic E-state index is 12.0. The minimum Gasteiger partial charge on any atom is -0.457 e. The van der Waals surface area contributed by atoms with E-state index in [4.69, 9.17) is 16.3 Å². The summed E-state index contributed by atoms with van der Waals surface area (Å²) in [5, 5.41) is 0. The van der Waals surface area contributed by atoms with Crippen LogP contribution in [0.3, 0.4) is 0 Å². The number of fused-ring (bicyclic) bond motifs is 3. The number of ether oxygens (including phenoxy) is 1. The van der Waals surface area contributed by atoms with E-state index in [1.807, 2.05) is 13.0 Å². The molecule has 0 spiro atoms. The molecule has 0 amide bonds. The molecule has 1 heterocycles. The third-order valence-corrected chi connectivity index (χ3v) is 5.17. The third kappa shape index (κ3) is 1.71. The monoisotopic (exact) mass is 280 g/mol. The van der Waals surface area contributed by atoms with Gasteiger partial charge in [0.25, 0.3) is 0 Å². The van der Waals surface area contributed by atoms with Gasteiger partial charge in [-0.05, 0) is 24.5 Å². The highest BCUT2D eigenvalue weighted by Gasteiger charge is 2.53. The van der Waals surface area contributed by atoms with Crippen molar-refractivity contribution in [3.05, 3.63) is 23.3 Å². The summed E-state index contributed by atoms with van der Waals surface area (Å²) in [6, 6.07) is 0. The highest BCUT2D eigenvalue weighted by molar-refractivity contribution is 6.24. The molecule has 0 aromatic heterocycles. The number of carbonyl (C=O) groups excluding carboxylic acids is 2. The molecule has 102 valence electrons. The smallest absolute Gasteiger partial charge is 0.309 e. The van der Waals surface area contributed by atoms with E-state index in [0.717, 1.165) is 18.4 Å². The van der Waals surface area contributed by atoms with Gasteiger partial charge in [0.05, 0.1) is 11.8 Å². The summed E-state index contributed by atoms with van der Waals surface area (Å²) in [4.78, 5) is 23.8. The average molecular weight is 281 g/mol. The molecule has 4 heteroatoms. The van der Waals surface area contributed by atoms with Crippen LogP contribution in [-0.4, -0.2) is 23.7 Å². The van der Waals surface area contributed by atoms with Crippen molar-refractivity contribution < 1.29 is 14.3 Å². The molecule has 2 fully saturated rings. The van der Waals surface area contributed by atoms with Crippen LogP contribution in [0.4, 0.5) is 0 Å². The van der Waals surface area contributed by atoms with Gasteiger partial charge in [0.15, 0.2) is 5.78 Å². The Hall–Kier alpha value is -1.09.